The van der Waals surface area contributed by atoms with E-state index < -0.39 is 0 Å². The number of ether oxygens (including phenoxy) is 1. The Kier molecular flexibility index (Phi) is 6.03. The van der Waals surface area contributed by atoms with Crippen molar-refractivity contribution in [2.45, 2.75) is 25.8 Å². The van der Waals surface area contributed by atoms with Gasteiger partial charge in [0.25, 0.3) is 0 Å². The molecule has 0 aliphatic heterocycles. The fourth-order valence-corrected chi connectivity index (χ4v) is 3.42. The summed E-state index contributed by atoms with van der Waals surface area (Å²) in [6, 6.07) is 6.73. The Bertz CT molecular complexity index is 567. The van der Waals surface area contributed by atoms with Crippen LogP contribution in [0.25, 0.3) is 0 Å². The molecule has 1 unspecified atom stereocenters. The maximum atomic E-state index is 14.0. The highest BCUT2D eigenvalue weighted by atomic mass is 35.5. The van der Waals surface area contributed by atoms with Crippen molar-refractivity contribution in [2.24, 2.45) is 0 Å². The minimum absolute atomic E-state index is 0.00528. The van der Waals surface area contributed by atoms with E-state index in [0.717, 1.165) is 23.6 Å². The van der Waals surface area contributed by atoms with E-state index in [1.165, 1.54) is 6.07 Å². The average Bonchev–Trinajstić information content (AvgIpc) is 2.94. The minimum atomic E-state index is -0.263. The third-order valence-corrected chi connectivity index (χ3v) is 4.67. The van der Waals surface area contributed by atoms with Gasteiger partial charge in [0.1, 0.15) is 11.6 Å². The van der Waals surface area contributed by atoms with Gasteiger partial charge in [0.05, 0.1) is 12.0 Å². The first-order valence-electron chi connectivity index (χ1n) is 6.95. The van der Waals surface area contributed by atoms with Crippen LogP contribution in [0.2, 0.25) is 5.02 Å². The maximum absolute atomic E-state index is 14.0. The van der Waals surface area contributed by atoms with Crippen molar-refractivity contribution in [3.8, 4) is 5.75 Å². The number of rotatable bonds is 7. The Morgan fingerprint density at radius 1 is 1.38 bits per heavy atom. The largest absolute Gasteiger partial charge is 0.496 e. The fraction of sp³-hybridized carbons (Fsp3) is 0.375. The van der Waals surface area contributed by atoms with E-state index >= 15 is 0 Å². The first kappa shape index (κ1) is 16.3. The summed E-state index contributed by atoms with van der Waals surface area (Å²) in [5.74, 6) is 0.572. The Morgan fingerprint density at radius 3 is 2.86 bits per heavy atom. The van der Waals surface area contributed by atoms with Gasteiger partial charge in [0.15, 0.2) is 0 Å². The van der Waals surface area contributed by atoms with Gasteiger partial charge in [-0.25, -0.2) is 4.39 Å². The van der Waals surface area contributed by atoms with Gasteiger partial charge < -0.3 is 10.1 Å². The summed E-state index contributed by atoms with van der Waals surface area (Å²) in [6.07, 6.45) is 1.51. The van der Waals surface area contributed by atoms with Crippen LogP contribution < -0.4 is 10.1 Å². The molecule has 0 aliphatic carbocycles. The molecule has 1 aromatic carbocycles. The molecule has 0 saturated carbocycles. The van der Waals surface area contributed by atoms with E-state index in [2.05, 4.69) is 12.2 Å². The second-order valence-corrected chi connectivity index (χ2v) is 6.12. The van der Waals surface area contributed by atoms with Crippen LogP contribution in [0.15, 0.2) is 29.6 Å². The van der Waals surface area contributed by atoms with Crippen LogP contribution in [0.1, 0.15) is 29.8 Å². The summed E-state index contributed by atoms with van der Waals surface area (Å²) in [7, 11) is 1.65. The third-order valence-electron chi connectivity index (χ3n) is 3.30. The SMILES string of the molecule is CCCNC(Cc1c(F)cccc1Cl)c1sccc1OC. The zero-order valence-corrected chi connectivity index (χ0v) is 13.7. The van der Waals surface area contributed by atoms with Crippen LogP contribution in [0, 0.1) is 5.82 Å². The molecule has 5 heteroatoms. The molecule has 1 aromatic heterocycles. The second-order valence-electron chi connectivity index (χ2n) is 4.76. The summed E-state index contributed by atoms with van der Waals surface area (Å²) in [6.45, 7) is 2.96. The van der Waals surface area contributed by atoms with Crippen molar-refractivity contribution in [3.63, 3.8) is 0 Å². The topological polar surface area (TPSA) is 21.3 Å². The van der Waals surface area contributed by atoms with Gasteiger partial charge in [-0.15, -0.1) is 11.3 Å². The smallest absolute Gasteiger partial charge is 0.134 e. The van der Waals surface area contributed by atoms with Crippen molar-refractivity contribution in [3.05, 3.63) is 50.9 Å². The monoisotopic (exact) mass is 327 g/mol. The van der Waals surface area contributed by atoms with Crippen LogP contribution in [-0.4, -0.2) is 13.7 Å². The number of methoxy groups -OCH3 is 1. The zero-order chi connectivity index (χ0) is 15.2. The molecule has 0 radical (unpaired) electrons. The highest BCUT2D eigenvalue weighted by molar-refractivity contribution is 7.10. The van der Waals surface area contributed by atoms with Crippen LogP contribution in [0.3, 0.4) is 0 Å². The lowest BCUT2D eigenvalue weighted by Crippen LogP contribution is -2.24. The second kappa shape index (κ2) is 7.78. The van der Waals surface area contributed by atoms with Crippen LogP contribution in [0.5, 0.6) is 5.75 Å². The molecule has 2 nitrogen and oxygen atoms in total. The Labute approximate surface area is 133 Å². The lowest BCUT2D eigenvalue weighted by Gasteiger charge is -2.19. The van der Waals surface area contributed by atoms with E-state index in [0.29, 0.717) is 17.0 Å². The highest BCUT2D eigenvalue weighted by Crippen LogP contribution is 2.34. The Hall–Kier alpha value is -1.10. The van der Waals surface area contributed by atoms with Crippen molar-refractivity contribution in [1.82, 2.24) is 5.32 Å². The normalized spacial score (nSPS) is 12.4. The minimum Gasteiger partial charge on any atom is -0.496 e. The highest BCUT2D eigenvalue weighted by Gasteiger charge is 2.20. The van der Waals surface area contributed by atoms with E-state index in [1.54, 1.807) is 30.6 Å². The molecule has 0 spiro atoms. The lowest BCUT2D eigenvalue weighted by molar-refractivity contribution is 0.402. The van der Waals surface area contributed by atoms with Gasteiger partial charge >= 0.3 is 0 Å². The molecule has 21 heavy (non-hydrogen) atoms. The summed E-state index contributed by atoms with van der Waals surface area (Å²) in [5.41, 5.74) is 0.545. The molecular formula is C16H19ClFNOS. The van der Waals surface area contributed by atoms with Gasteiger partial charge in [-0.2, -0.15) is 0 Å². The van der Waals surface area contributed by atoms with E-state index in [-0.39, 0.29) is 11.9 Å². The first-order chi connectivity index (χ1) is 10.2. The summed E-state index contributed by atoms with van der Waals surface area (Å²) in [4.78, 5) is 1.07. The third kappa shape index (κ3) is 3.96. The predicted molar refractivity (Wildman–Crippen MR) is 87.0 cm³/mol. The summed E-state index contributed by atoms with van der Waals surface area (Å²) in [5, 5.41) is 5.90. The van der Waals surface area contributed by atoms with Crippen molar-refractivity contribution < 1.29 is 9.13 Å². The van der Waals surface area contributed by atoms with E-state index in [9.17, 15) is 4.39 Å². The van der Waals surface area contributed by atoms with Gasteiger partial charge in [-0.3, -0.25) is 0 Å². The average molecular weight is 328 g/mol. The number of halogens is 2. The Morgan fingerprint density at radius 2 is 2.19 bits per heavy atom. The molecule has 0 aliphatic rings. The van der Waals surface area contributed by atoms with Crippen molar-refractivity contribution >= 4 is 22.9 Å². The summed E-state index contributed by atoms with van der Waals surface area (Å²) < 4.78 is 19.4. The standard InChI is InChI=1S/C16H19ClFNOS/c1-3-8-19-14(16-15(20-2)7-9-21-16)10-11-12(17)5-4-6-13(11)18/h4-7,9,14,19H,3,8,10H2,1-2H3. The number of benzene rings is 1. The van der Waals surface area contributed by atoms with E-state index in [4.69, 9.17) is 16.3 Å². The Balaban J connectivity index is 2.28. The maximum Gasteiger partial charge on any atom is 0.134 e. The van der Waals surface area contributed by atoms with Crippen LogP contribution in [0.4, 0.5) is 4.39 Å². The molecule has 0 fully saturated rings. The molecule has 0 saturated heterocycles. The fourth-order valence-electron chi connectivity index (χ4n) is 2.24. The van der Waals surface area contributed by atoms with Crippen molar-refractivity contribution in [2.75, 3.05) is 13.7 Å². The van der Waals surface area contributed by atoms with Gasteiger partial charge in [0, 0.05) is 16.6 Å². The molecule has 2 rings (SSSR count). The molecule has 1 heterocycles. The molecule has 1 atom stereocenters. The molecule has 0 bridgehead atoms. The summed E-state index contributed by atoms with van der Waals surface area (Å²) >= 11 is 7.76. The van der Waals surface area contributed by atoms with Gasteiger partial charge in [0.2, 0.25) is 0 Å². The molecular weight excluding hydrogens is 309 g/mol. The van der Waals surface area contributed by atoms with Gasteiger partial charge in [-0.05, 0) is 43.0 Å². The van der Waals surface area contributed by atoms with Gasteiger partial charge in [-0.1, -0.05) is 24.6 Å². The zero-order valence-electron chi connectivity index (χ0n) is 12.2. The molecule has 114 valence electrons. The lowest BCUT2D eigenvalue weighted by atomic mass is 10.0. The first-order valence-corrected chi connectivity index (χ1v) is 8.20. The van der Waals surface area contributed by atoms with Crippen LogP contribution in [-0.2, 0) is 6.42 Å². The number of nitrogens with one attached hydrogen (secondary N) is 1. The molecule has 1 N–H and O–H groups in total. The quantitative estimate of drug-likeness (QED) is 0.786. The van der Waals surface area contributed by atoms with Crippen molar-refractivity contribution in [1.29, 1.82) is 0 Å². The number of thiophene rings is 1. The van der Waals surface area contributed by atoms with E-state index in [1.807, 2.05) is 11.4 Å². The van der Waals surface area contributed by atoms with Crippen LogP contribution >= 0.6 is 22.9 Å². The number of hydrogen-bond acceptors (Lipinski definition) is 3. The molecule has 2 aromatic rings. The number of hydrogen-bond donors (Lipinski definition) is 1. The predicted octanol–water partition coefficient (Wildman–Crippen LogP) is 4.83. The molecule has 0 amide bonds.